The summed E-state index contributed by atoms with van der Waals surface area (Å²) < 4.78 is 12.3. The Hall–Kier alpha value is -0.740. The molecular formula is C13H18BrNO2. The zero-order chi connectivity index (χ0) is 12.3. The molecule has 0 aliphatic carbocycles. The van der Waals surface area contributed by atoms with Gasteiger partial charge in [-0.05, 0) is 59.8 Å². The maximum Gasteiger partial charge on any atom is 0.134 e. The molecule has 1 aliphatic heterocycles. The first-order valence-corrected chi connectivity index (χ1v) is 6.76. The summed E-state index contributed by atoms with van der Waals surface area (Å²) in [6, 6.07) is 3.84. The van der Waals surface area contributed by atoms with Crippen molar-refractivity contribution in [3.63, 3.8) is 0 Å². The minimum atomic E-state index is 0.230. The molecule has 1 fully saturated rings. The van der Waals surface area contributed by atoms with Gasteiger partial charge in [-0.2, -0.15) is 0 Å². The van der Waals surface area contributed by atoms with E-state index in [9.17, 15) is 0 Å². The van der Waals surface area contributed by atoms with Crippen molar-refractivity contribution in [1.29, 1.82) is 0 Å². The fourth-order valence-electron chi connectivity index (χ4n) is 1.90. The normalized spacial score (nSPS) is 20.2. The summed E-state index contributed by atoms with van der Waals surface area (Å²) in [5.74, 6) is 0.839. The molecule has 3 nitrogen and oxygen atoms in total. The first-order valence-electron chi connectivity index (χ1n) is 5.97. The Bertz CT molecular complexity index is 389. The van der Waals surface area contributed by atoms with Crippen molar-refractivity contribution < 1.29 is 9.47 Å². The van der Waals surface area contributed by atoms with Gasteiger partial charge in [-0.25, -0.2) is 0 Å². The number of hydrogen-bond acceptors (Lipinski definition) is 3. The number of hydrogen-bond donors (Lipinski definition) is 1. The molecule has 0 radical (unpaired) electrons. The minimum absolute atomic E-state index is 0.230. The highest BCUT2D eigenvalue weighted by Gasteiger charge is 2.15. The average Bonchev–Trinajstić information content (AvgIpc) is 2.33. The lowest BCUT2D eigenvalue weighted by Gasteiger charge is -2.23. The molecule has 1 unspecified atom stereocenters. The van der Waals surface area contributed by atoms with Crippen LogP contribution in [0.3, 0.4) is 0 Å². The highest BCUT2D eigenvalue weighted by molar-refractivity contribution is 9.10. The first-order chi connectivity index (χ1) is 8.16. The molecule has 0 saturated carbocycles. The Morgan fingerprint density at radius 2 is 2.29 bits per heavy atom. The lowest BCUT2D eigenvalue weighted by molar-refractivity contribution is -0.0112. The average molecular weight is 300 g/mol. The maximum atomic E-state index is 5.82. The number of ether oxygens (including phenoxy) is 2. The van der Waals surface area contributed by atoms with Crippen LogP contribution in [0.1, 0.15) is 24.8 Å². The van der Waals surface area contributed by atoms with Gasteiger partial charge in [0, 0.05) is 12.3 Å². The molecular weight excluding hydrogens is 282 g/mol. The molecule has 0 aromatic heterocycles. The number of aryl methyl sites for hydroxylation is 1. The summed E-state index contributed by atoms with van der Waals surface area (Å²) in [5.41, 5.74) is 7.63. The van der Waals surface area contributed by atoms with Gasteiger partial charge in [0.15, 0.2) is 0 Å². The van der Waals surface area contributed by atoms with E-state index in [0.717, 1.165) is 34.5 Å². The van der Waals surface area contributed by atoms with Gasteiger partial charge in [0.1, 0.15) is 12.4 Å². The van der Waals surface area contributed by atoms with E-state index in [1.54, 1.807) is 0 Å². The molecule has 1 aromatic carbocycles. The molecule has 1 saturated heterocycles. The molecule has 17 heavy (non-hydrogen) atoms. The summed E-state index contributed by atoms with van der Waals surface area (Å²) in [4.78, 5) is 0. The molecule has 2 N–H and O–H groups in total. The van der Waals surface area contributed by atoms with Crippen LogP contribution in [0, 0.1) is 6.92 Å². The fraction of sp³-hybridized carbons (Fsp3) is 0.538. The number of rotatable bonds is 3. The van der Waals surface area contributed by atoms with Crippen LogP contribution in [0.5, 0.6) is 5.75 Å². The van der Waals surface area contributed by atoms with Crippen molar-refractivity contribution >= 4 is 21.6 Å². The van der Waals surface area contributed by atoms with Crippen LogP contribution in [0.4, 0.5) is 5.69 Å². The van der Waals surface area contributed by atoms with Crippen molar-refractivity contribution in [3.05, 3.63) is 22.2 Å². The summed E-state index contributed by atoms with van der Waals surface area (Å²) >= 11 is 3.46. The van der Waals surface area contributed by atoms with Crippen LogP contribution in [-0.4, -0.2) is 19.3 Å². The Kier molecular flexibility index (Phi) is 4.29. The van der Waals surface area contributed by atoms with Crippen molar-refractivity contribution in [2.45, 2.75) is 32.3 Å². The van der Waals surface area contributed by atoms with Gasteiger partial charge >= 0.3 is 0 Å². The smallest absolute Gasteiger partial charge is 0.134 e. The molecule has 0 amide bonds. The summed E-state index contributed by atoms with van der Waals surface area (Å²) in [6.07, 6.45) is 3.72. The van der Waals surface area contributed by atoms with Crippen LogP contribution >= 0.6 is 15.9 Å². The molecule has 94 valence electrons. The van der Waals surface area contributed by atoms with Gasteiger partial charge in [-0.1, -0.05) is 0 Å². The Labute approximate surface area is 110 Å². The SMILES string of the molecule is Cc1cc(OCC2CCCCO2)c(Br)cc1N. The zero-order valence-electron chi connectivity index (χ0n) is 10.0. The van der Waals surface area contributed by atoms with Crippen molar-refractivity contribution in [1.82, 2.24) is 0 Å². The third-order valence-corrected chi connectivity index (χ3v) is 3.64. The quantitative estimate of drug-likeness (QED) is 0.871. The van der Waals surface area contributed by atoms with E-state index >= 15 is 0 Å². The number of nitrogen functional groups attached to an aromatic ring is 1. The number of nitrogens with two attached hydrogens (primary N) is 1. The second-order valence-corrected chi connectivity index (χ2v) is 5.29. The summed E-state index contributed by atoms with van der Waals surface area (Å²) in [7, 11) is 0. The molecule has 4 heteroatoms. The van der Waals surface area contributed by atoms with Crippen LogP contribution in [0.15, 0.2) is 16.6 Å². The van der Waals surface area contributed by atoms with E-state index in [0.29, 0.717) is 6.61 Å². The molecule has 1 heterocycles. The van der Waals surface area contributed by atoms with Gasteiger partial charge < -0.3 is 15.2 Å². The van der Waals surface area contributed by atoms with Crippen molar-refractivity contribution in [2.75, 3.05) is 18.9 Å². The zero-order valence-corrected chi connectivity index (χ0v) is 11.6. The third-order valence-electron chi connectivity index (χ3n) is 3.02. The Morgan fingerprint density at radius 3 is 3.00 bits per heavy atom. The Balaban J connectivity index is 1.96. The van der Waals surface area contributed by atoms with Gasteiger partial charge in [0.05, 0.1) is 10.6 Å². The van der Waals surface area contributed by atoms with E-state index in [1.807, 2.05) is 19.1 Å². The first kappa shape index (κ1) is 12.7. The highest BCUT2D eigenvalue weighted by atomic mass is 79.9. The van der Waals surface area contributed by atoms with Crippen molar-refractivity contribution in [2.24, 2.45) is 0 Å². The Morgan fingerprint density at radius 1 is 1.47 bits per heavy atom. The lowest BCUT2D eigenvalue weighted by atomic mass is 10.1. The van der Waals surface area contributed by atoms with Crippen LogP contribution in [-0.2, 0) is 4.74 Å². The largest absolute Gasteiger partial charge is 0.490 e. The standard InChI is InChI=1S/C13H18BrNO2/c1-9-6-13(11(14)7-12(9)15)17-8-10-4-2-3-5-16-10/h6-7,10H,2-5,8,15H2,1H3. The molecule has 0 bridgehead atoms. The predicted molar refractivity (Wildman–Crippen MR) is 72.4 cm³/mol. The fourth-order valence-corrected chi connectivity index (χ4v) is 2.38. The molecule has 1 atom stereocenters. The third kappa shape index (κ3) is 3.36. The molecule has 1 aliphatic rings. The molecule has 2 rings (SSSR count). The van der Waals surface area contributed by atoms with Gasteiger partial charge in [0.2, 0.25) is 0 Å². The van der Waals surface area contributed by atoms with E-state index in [-0.39, 0.29) is 6.10 Å². The van der Waals surface area contributed by atoms with Crippen molar-refractivity contribution in [3.8, 4) is 5.75 Å². The number of halogens is 1. The molecule has 1 aromatic rings. The maximum absolute atomic E-state index is 5.82. The minimum Gasteiger partial charge on any atom is -0.490 e. The monoisotopic (exact) mass is 299 g/mol. The highest BCUT2D eigenvalue weighted by Crippen LogP contribution is 2.30. The second kappa shape index (κ2) is 5.74. The second-order valence-electron chi connectivity index (χ2n) is 4.44. The van der Waals surface area contributed by atoms with Gasteiger partial charge in [-0.15, -0.1) is 0 Å². The predicted octanol–water partition coefficient (Wildman–Crippen LogP) is 3.29. The number of anilines is 1. The lowest BCUT2D eigenvalue weighted by Crippen LogP contribution is -2.25. The number of benzene rings is 1. The van der Waals surface area contributed by atoms with E-state index in [1.165, 1.54) is 12.8 Å². The molecule has 0 spiro atoms. The topological polar surface area (TPSA) is 44.5 Å². The summed E-state index contributed by atoms with van der Waals surface area (Å²) in [6.45, 7) is 3.45. The van der Waals surface area contributed by atoms with E-state index in [2.05, 4.69) is 15.9 Å². The van der Waals surface area contributed by atoms with Crippen LogP contribution < -0.4 is 10.5 Å². The van der Waals surface area contributed by atoms with Gasteiger partial charge in [-0.3, -0.25) is 0 Å². The van der Waals surface area contributed by atoms with E-state index < -0.39 is 0 Å². The van der Waals surface area contributed by atoms with Crippen LogP contribution in [0.2, 0.25) is 0 Å². The van der Waals surface area contributed by atoms with E-state index in [4.69, 9.17) is 15.2 Å². The summed E-state index contributed by atoms with van der Waals surface area (Å²) in [5, 5.41) is 0. The van der Waals surface area contributed by atoms with Gasteiger partial charge in [0.25, 0.3) is 0 Å². The van der Waals surface area contributed by atoms with Crippen LogP contribution in [0.25, 0.3) is 0 Å².